The second kappa shape index (κ2) is 6.28. The van der Waals surface area contributed by atoms with Gasteiger partial charge in [0.15, 0.2) is 5.82 Å². The van der Waals surface area contributed by atoms with E-state index in [2.05, 4.69) is 31.0 Å². The summed E-state index contributed by atoms with van der Waals surface area (Å²) in [6, 6.07) is 2.48. The van der Waals surface area contributed by atoms with Gasteiger partial charge in [-0.3, -0.25) is 9.48 Å². The first-order valence-electron chi connectivity index (χ1n) is 8.32. The number of morpholine rings is 1. The summed E-state index contributed by atoms with van der Waals surface area (Å²) in [5.74, 6) is 1.51. The van der Waals surface area contributed by atoms with Crippen LogP contribution in [0.25, 0.3) is 0 Å². The van der Waals surface area contributed by atoms with Crippen molar-refractivity contribution in [3.63, 3.8) is 0 Å². The van der Waals surface area contributed by atoms with Gasteiger partial charge in [0.25, 0.3) is 5.91 Å². The average Bonchev–Trinajstić information content (AvgIpc) is 2.96. The number of hydrogen-bond donors (Lipinski definition) is 1. The molecule has 0 unspecified atom stereocenters. The molecule has 0 spiro atoms. The monoisotopic (exact) mass is 306 g/mol. The Hall–Kier alpha value is -1.56. The minimum absolute atomic E-state index is 0.0138. The average molecular weight is 306 g/mol. The Morgan fingerprint density at radius 1 is 1.55 bits per heavy atom. The first kappa shape index (κ1) is 15.3. The number of ether oxygens (including phenoxy) is 1. The number of rotatable bonds is 4. The van der Waals surface area contributed by atoms with Gasteiger partial charge in [0.1, 0.15) is 5.69 Å². The maximum atomic E-state index is 12.1. The molecule has 0 aromatic carbocycles. The summed E-state index contributed by atoms with van der Waals surface area (Å²) in [4.78, 5) is 14.4. The van der Waals surface area contributed by atoms with Gasteiger partial charge in [-0.25, -0.2) is 0 Å². The first-order valence-corrected chi connectivity index (χ1v) is 8.32. The molecule has 1 amide bonds. The first-order chi connectivity index (χ1) is 10.6. The topological polar surface area (TPSA) is 59.4 Å². The van der Waals surface area contributed by atoms with E-state index >= 15 is 0 Å². The van der Waals surface area contributed by atoms with Crippen molar-refractivity contribution in [2.75, 3.05) is 31.2 Å². The van der Waals surface area contributed by atoms with Gasteiger partial charge in [-0.1, -0.05) is 20.3 Å². The molecule has 0 bridgehead atoms. The number of nitrogens with one attached hydrogen (secondary N) is 1. The normalized spacial score (nSPS) is 26.5. The molecule has 22 heavy (non-hydrogen) atoms. The van der Waals surface area contributed by atoms with Crippen LogP contribution in [0.2, 0.25) is 0 Å². The summed E-state index contributed by atoms with van der Waals surface area (Å²) in [6.07, 6.45) is 2.19. The number of nitrogens with zero attached hydrogens (tertiary/aromatic N) is 3. The Bertz CT molecular complexity index is 542. The van der Waals surface area contributed by atoms with Crippen molar-refractivity contribution in [3.8, 4) is 0 Å². The Labute approximate surface area is 131 Å². The maximum Gasteiger partial charge on any atom is 0.269 e. The summed E-state index contributed by atoms with van der Waals surface area (Å²) in [7, 11) is 0. The number of carbonyl (C=O) groups excluding carboxylic acids is 1. The van der Waals surface area contributed by atoms with Gasteiger partial charge >= 0.3 is 0 Å². The molecule has 1 aromatic heterocycles. The van der Waals surface area contributed by atoms with E-state index < -0.39 is 0 Å². The van der Waals surface area contributed by atoms with Crippen LogP contribution in [0.3, 0.4) is 0 Å². The molecule has 3 atom stereocenters. The Morgan fingerprint density at radius 2 is 2.36 bits per heavy atom. The third kappa shape index (κ3) is 2.84. The van der Waals surface area contributed by atoms with Crippen molar-refractivity contribution in [3.05, 3.63) is 11.8 Å². The molecule has 1 N–H and O–H groups in total. The van der Waals surface area contributed by atoms with Crippen molar-refractivity contribution in [1.82, 2.24) is 15.1 Å². The quantitative estimate of drug-likeness (QED) is 0.922. The summed E-state index contributed by atoms with van der Waals surface area (Å²) in [5, 5.41) is 7.77. The summed E-state index contributed by atoms with van der Waals surface area (Å²) in [5.41, 5.74) is 0.688. The molecule has 2 aliphatic rings. The Kier molecular flexibility index (Phi) is 4.38. The molecular formula is C16H26N4O2. The predicted octanol–water partition coefficient (Wildman–Crippen LogP) is 1.83. The molecule has 6 nitrogen and oxygen atoms in total. The van der Waals surface area contributed by atoms with Crippen LogP contribution in [0.15, 0.2) is 6.07 Å². The van der Waals surface area contributed by atoms with Crippen LogP contribution in [0, 0.1) is 5.92 Å². The van der Waals surface area contributed by atoms with Gasteiger partial charge in [-0.2, -0.15) is 5.10 Å². The standard InChI is InChI=1S/C16H26N4O2/c1-4-11(2)7-13-9-17-16(21)14-8-15(18-20(13)14)19-5-6-22-10-12(19)3/h8,11-13H,4-7,9-10H2,1-3H3,(H,17,21)/t11-,12-,13+/m1/s1. The lowest BCUT2D eigenvalue weighted by Gasteiger charge is -2.33. The number of carbonyl (C=O) groups is 1. The van der Waals surface area contributed by atoms with E-state index in [1.54, 1.807) is 0 Å². The maximum absolute atomic E-state index is 12.1. The Balaban J connectivity index is 1.87. The number of amides is 1. The largest absolute Gasteiger partial charge is 0.377 e. The smallest absolute Gasteiger partial charge is 0.269 e. The molecule has 1 aromatic rings. The van der Waals surface area contributed by atoms with E-state index in [1.807, 2.05) is 10.7 Å². The van der Waals surface area contributed by atoms with Gasteiger partial charge in [-0.15, -0.1) is 0 Å². The highest BCUT2D eigenvalue weighted by atomic mass is 16.5. The van der Waals surface area contributed by atoms with Crippen LogP contribution in [0.1, 0.15) is 50.1 Å². The van der Waals surface area contributed by atoms with E-state index in [1.165, 1.54) is 0 Å². The van der Waals surface area contributed by atoms with Crippen LogP contribution in [-0.2, 0) is 4.74 Å². The fourth-order valence-electron chi connectivity index (χ4n) is 3.24. The molecule has 2 aliphatic heterocycles. The molecule has 0 saturated carbocycles. The van der Waals surface area contributed by atoms with Gasteiger partial charge < -0.3 is 15.0 Å². The van der Waals surface area contributed by atoms with Crippen LogP contribution in [0.5, 0.6) is 0 Å². The number of anilines is 1. The summed E-state index contributed by atoms with van der Waals surface area (Å²) >= 11 is 0. The van der Waals surface area contributed by atoms with Crippen molar-refractivity contribution in [1.29, 1.82) is 0 Å². The van der Waals surface area contributed by atoms with Crippen molar-refractivity contribution in [2.24, 2.45) is 5.92 Å². The SMILES string of the molecule is CC[C@@H](C)C[C@H]1CNC(=O)c2cc(N3CCOC[C@H]3C)nn21. The lowest BCUT2D eigenvalue weighted by molar-refractivity contribution is 0.0902. The van der Waals surface area contributed by atoms with Gasteiger partial charge in [0, 0.05) is 19.2 Å². The van der Waals surface area contributed by atoms with E-state index in [9.17, 15) is 4.79 Å². The van der Waals surface area contributed by atoms with Crippen molar-refractivity contribution in [2.45, 2.75) is 45.7 Å². The number of fused-ring (bicyclic) bond motifs is 1. The third-order valence-electron chi connectivity index (χ3n) is 4.83. The fraction of sp³-hybridized carbons (Fsp3) is 0.750. The lowest BCUT2D eigenvalue weighted by Crippen LogP contribution is -2.44. The van der Waals surface area contributed by atoms with Gasteiger partial charge in [0.05, 0.1) is 25.3 Å². The zero-order valence-electron chi connectivity index (χ0n) is 13.7. The fourth-order valence-corrected chi connectivity index (χ4v) is 3.24. The second-order valence-electron chi connectivity index (χ2n) is 6.56. The number of aromatic nitrogens is 2. The molecule has 0 aliphatic carbocycles. The van der Waals surface area contributed by atoms with Crippen molar-refractivity contribution >= 4 is 11.7 Å². The summed E-state index contributed by atoms with van der Waals surface area (Å²) < 4.78 is 7.44. The van der Waals surface area contributed by atoms with Crippen LogP contribution >= 0.6 is 0 Å². The van der Waals surface area contributed by atoms with Crippen LogP contribution in [0.4, 0.5) is 5.82 Å². The number of hydrogen-bond acceptors (Lipinski definition) is 4. The molecule has 0 radical (unpaired) electrons. The highest BCUT2D eigenvalue weighted by molar-refractivity contribution is 5.94. The Morgan fingerprint density at radius 3 is 3.09 bits per heavy atom. The molecule has 3 heterocycles. The molecule has 1 saturated heterocycles. The minimum atomic E-state index is -0.0138. The molecule has 1 fully saturated rings. The molecular weight excluding hydrogens is 280 g/mol. The van der Waals surface area contributed by atoms with E-state index in [0.29, 0.717) is 30.8 Å². The van der Waals surface area contributed by atoms with Gasteiger partial charge in [-0.05, 0) is 19.3 Å². The molecule has 3 rings (SSSR count). The highest BCUT2D eigenvalue weighted by Crippen LogP contribution is 2.27. The van der Waals surface area contributed by atoms with E-state index in [4.69, 9.17) is 9.84 Å². The van der Waals surface area contributed by atoms with Gasteiger partial charge in [0.2, 0.25) is 0 Å². The second-order valence-corrected chi connectivity index (χ2v) is 6.56. The molecule has 122 valence electrons. The van der Waals surface area contributed by atoms with Crippen LogP contribution in [-0.4, -0.2) is 48.0 Å². The molecule has 6 heteroatoms. The zero-order chi connectivity index (χ0) is 15.7. The van der Waals surface area contributed by atoms with E-state index in [-0.39, 0.29) is 11.9 Å². The van der Waals surface area contributed by atoms with E-state index in [0.717, 1.165) is 31.8 Å². The lowest BCUT2D eigenvalue weighted by atomic mass is 9.98. The van der Waals surface area contributed by atoms with Crippen LogP contribution < -0.4 is 10.2 Å². The third-order valence-corrected chi connectivity index (χ3v) is 4.83. The zero-order valence-corrected chi connectivity index (χ0v) is 13.7. The highest BCUT2D eigenvalue weighted by Gasteiger charge is 2.30. The predicted molar refractivity (Wildman–Crippen MR) is 85.3 cm³/mol. The summed E-state index contributed by atoms with van der Waals surface area (Å²) in [6.45, 7) is 9.53. The minimum Gasteiger partial charge on any atom is -0.377 e. The van der Waals surface area contributed by atoms with Crippen molar-refractivity contribution < 1.29 is 9.53 Å².